The van der Waals surface area contributed by atoms with E-state index in [1.807, 2.05) is 23.6 Å². The van der Waals surface area contributed by atoms with Crippen LogP contribution in [0.5, 0.6) is 0 Å². The first kappa shape index (κ1) is 18.8. The molecule has 2 fully saturated rings. The van der Waals surface area contributed by atoms with Gasteiger partial charge in [0.1, 0.15) is 5.76 Å². The van der Waals surface area contributed by atoms with Crippen LogP contribution >= 0.6 is 0 Å². The number of nitrogens with two attached hydrogens (primary N) is 1. The summed E-state index contributed by atoms with van der Waals surface area (Å²) in [4.78, 5) is 30.4. The van der Waals surface area contributed by atoms with Crippen molar-refractivity contribution in [3.05, 3.63) is 17.0 Å². The summed E-state index contributed by atoms with van der Waals surface area (Å²) >= 11 is 0. The van der Waals surface area contributed by atoms with Gasteiger partial charge in [0, 0.05) is 38.3 Å². The lowest BCUT2D eigenvalue weighted by Crippen LogP contribution is -2.54. The summed E-state index contributed by atoms with van der Waals surface area (Å²) in [5.74, 6) is 0.639. The number of piperazine rings is 1. The predicted molar refractivity (Wildman–Crippen MR) is 96.2 cm³/mol. The van der Waals surface area contributed by atoms with E-state index in [1.165, 1.54) is 0 Å². The Morgan fingerprint density at radius 1 is 1.15 bits per heavy atom. The minimum atomic E-state index is -0.318. The number of hydrogen-bond donors (Lipinski definition) is 1. The molecule has 2 amide bonds. The van der Waals surface area contributed by atoms with Crippen molar-refractivity contribution in [1.82, 2.24) is 19.9 Å². The highest BCUT2D eigenvalue weighted by Crippen LogP contribution is 2.18. The Balaban J connectivity index is 1.49. The van der Waals surface area contributed by atoms with Crippen LogP contribution in [0.1, 0.15) is 36.3 Å². The number of rotatable bonds is 5. The number of piperidine rings is 1. The van der Waals surface area contributed by atoms with Gasteiger partial charge in [-0.25, -0.2) is 0 Å². The topological polar surface area (TPSA) is 95.9 Å². The maximum atomic E-state index is 12.7. The molecule has 0 aliphatic carbocycles. The van der Waals surface area contributed by atoms with Gasteiger partial charge in [0.2, 0.25) is 11.8 Å². The fraction of sp³-hybridized carbons (Fsp3) is 0.722. The van der Waals surface area contributed by atoms with Crippen LogP contribution in [0, 0.1) is 13.8 Å². The van der Waals surface area contributed by atoms with Crippen molar-refractivity contribution in [3.63, 3.8) is 0 Å². The molecule has 1 unspecified atom stereocenters. The predicted octanol–water partition coefficient (Wildman–Crippen LogP) is 0.275. The third-order valence-electron chi connectivity index (χ3n) is 5.57. The highest BCUT2D eigenvalue weighted by molar-refractivity contribution is 5.82. The van der Waals surface area contributed by atoms with Gasteiger partial charge >= 0.3 is 0 Å². The molecule has 0 saturated carbocycles. The molecular formula is C18H29N5O3. The van der Waals surface area contributed by atoms with Gasteiger partial charge in [0.25, 0.3) is 0 Å². The van der Waals surface area contributed by atoms with E-state index in [0.29, 0.717) is 13.1 Å². The van der Waals surface area contributed by atoms with Crippen molar-refractivity contribution in [1.29, 1.82) is 0 Å². The number of nitrogens with zero attached hydrogens (tertiary/aromatic N) is 4. The second-order valence-corrected chi connectivity index (χ2v) is 7.34. The Labute approximate surface area is 154 Å². The fourth-order valence-electron chi connectivity index (χ4n) is 3.88. The van der Waals surface area contributed by atoms with Crippen LogP contribution in [-0.2, 0) is 16.1 Å². The minimum absolute atomic E-state index is 0.0927. The summed E-state index contributed by atoms with van der Waals surface area (Å²) in [5, 5.41) is 4.00. The second-order valence-electron chi connectivity index (χ2n) is 7.34. The van der Waals surface area contributed by atoms with E-state index in [9.17, 15) is 9.59 Å². The van der Waals surface area contributed by atoms with Crippen molar-refractivity contribution in [2.75, 3.05) is 39.3 Å². The summed E-state index contributed by atoms with van der Waals surface area (Å²) in [5.41, 5.74) is 7.57. The molecule has 1 aromatic rings. The van der Waals surface area contributed by atoms with Crippen LogP contribution in [0.25, 0.3) is 0 Å². The molecule has 0 bridgehead atoms. The maximum absolute atomic E-state index is 12.7. The smallest absolute Gasteiger partial charge is 0.236 e. The van der Waals surface area contributed by atoms with E-state index in [4.69, 9.17) is 10.3 Å². The van der Waals surface area contributed by atoms with E-state index in [-0.39, 0.29) is 24.4 Å². The Kier molecular flexibility index (Phi) is 5.93. The van der Waals surface area contributed by atoms with Gasteiger partial charge in [-0.15, -0.1) is 0 Å². The Bertz CT molecular complexity index is 632. The first-order chi connectivity index (χ1) is 12.5. The van der Waals surface area contributed by atoms with Crippen LogP contribution in [0.15, 0.2) is 4.52 Å². The van der Waals surface area contributed by atoms with Gasteiger partial charge in [-0.05, 0) is 33.2 Å². The summed E-state index contributed by atoms with van der Waals surface area (Å²) < 4.78 is 5.23. The van der Waals surface area contributed by atoms with Crippen LogP contribution < -0.4 is 5.73 Å². The quantitative estimate of drug-likeness (QED) is 0.807. The van der Waals surface area contributed by atoms with E-state index in [2.05, 4.69) is 10.1 Å². The number of aromatic nitrogens is 1. The minimum Gasteiger partial charge on any atom is -0.368 e. The average Bonchev–Trinajstić information content (AvgIpc) is 2.94. The lowest BCUT2D eigenvalue weighted by atomic mass is 10.0. The average molecular weight is 363 g/mol. The highest BCUT2D eigenvalue weighted by atomic mass is 16.5. The molecule has 3 heterocycles. The van der Waals surface area contributed by atoms with Crippen molar-refractivity contribution in [3.8, 4) is 0 Å². The maximum Gasteiger partial charge on any atom is 0.236 e. The molecule has 0 spiro atoms. The first-order valence-electron chi connectivity index (χ1n) is 9.41. The Morgan fingerprint density at radius 3 is 2.50 bits per heavy atom. The van der Waals surface area contributed by atoms with Crippen LogP contribution in [-0.4, -0.2) is 77.0 Å². The van der Waals surface area contributed by atoms with Crippen molar-refractivity contribution < 1.29 is 14.1 Å². The molecule has 0 radical (unpaired) electrons. The van der Waals surface area contributed by atoms with Crippen LogP contribution in [0.3, 0.4) is 0 Å². The van der Waals surface area contributed by atoms with Gasteiger partial charge in [-0.3, -0.25) is 19.4 Å². The van der Waals surface area contributed by atoms with Crippen LogP contribution in [0.2, 0.25) is 0 Å². The molecule has 8 nitrogen and oxygen atoms in total. The SMILES string of the molecule is Cc1noc(C)c1CN1CCN(C(=O)CN2CCCCC2C(N)=O)CC1. The van der Waals surface area contributed by atoms with E-state index < -0.39 is 0 Å². The molecule has 8 heteroatoms. The van der Waals surface area contributed by atoms with Gasteiger partial charge in [0.05, 0.1) is 18.3 Å². The molecule has 2 saturated heterocycles. The highest BCUT2D eigenvalue weighted by Gasteiger charge is 2.30. The number of amides is 2. The normalized spacial score (nSPS) is 22.5. The van der Waals surface area contributed by atoms with Crippen molar-refractivity contribution in [2.24, 2.45) is 5.73 Å². The number of aryl methyl sites for hydroxylation is 2. The van der Waals surface area contributed by atoms with Crippen molar-refractivity contribution in [2.45, 2.75) is 45.7 Å². The largest absolute Gasteiger partial charge is 0.368 e. The third kappa shape index (κ3) is 4.24. The van der Waals surface area contributed by atoms with E-state index in [1.54, 1.807) is 0 Å². The zero-order valence-electron chi connectivity index (χ0n) is 15.7. The van der Waals surface area contributed by atoms with Crippen molar-refractivity contribution >= 4 is 11.8 Å². The number of hydrogen-bond acceptors (Lipinski definition) is 6. The van der Waals surface area contributed by atoms with E-state index >= 15 is 0 Å². The monoisotopic (exact) mass is 363 g/mol. The molecule has 26 heavy (non-hydrogen) atoms. The molecule has 0 aromatic carbocycles. The zero-order valence-corrected chi connectivity index (χ0v) is 15.7. The van der Waals surface area contributed by atoms with Crippen LogP contribution in [0.4, 0.5) is 0 Å². The standard InChI is InChI=1S/C18H29N5O3/c1-13-15(14(2)26-20-13)11-21-7-9-22(10-8-21)17(24)12-23-6-4-3-5-16(23)18(19)25/h16H,3-12H2,1-2H3,(H2,19,25). The number of primary amides is 1. The summed E-state index contributed by atoms with van der Waals surface area (Å²) in [6.07, 6.45) is 2.77. The molecule has 2 aliphatic rings. The molecule has 3 rings (SSSR count). The second kappa shape index (κ2) is 8.18. The summed E-state index contributed by atoms with van der Waals surface area (Å²) in [6.45, 7) is 8.82. The Morgan fingerprint density at radius 2 is 1.88 bits per heavy atom. The molecular weight excluding hydrogens is 334 g/mol. The van der Waals surface area contributed by atoms with Gasteiger partial charge in [0.15, 0.2) is 0 Å². The molecule has 1 atom stereocenters. The molecule has 2 aliphatic heterocycles. The number of carbonyl (C=O) groups excluding carboxylic acids is 2. The molecule has 1 aromatic heterocycles. The summed E-state index contributed by atoms with van der Waals surface area (Å²) in [6, 6.07) is -0.298. The fourth-order valence-corrected chi connectivity index (χ4v) is 3.88. The van der Waals surface area contributed by atoms with Gasteiger partial charge in [-0.2, -0.15) is 0 Å². The van der Waals surface area contributed by atoms with Gasteiger partial charge in [-0.1, -0.05) is 11.6 Å². The lowest BCUT2D eigenvalue weighted by Gasteiger charge is -2.38. The molecule has 2 N–H and O–H groups in total. The third-order valence-corrected chi connectivity index (χ3v) is 5.57. The zero-order chi connectivity index (χ0) is 18.7. The summed E-state index contributed by atoms with van der Waals surface area (Å²) in [7, 11) is 0. The number of likely N-dealkylation sites (tertiary alicyclic amines) is 1. The lowest BCUT2D eigenvalue weighted by molar-refractivity contribution is -0.136. The number of carbonyl (C=O) groups is 2. The van der Waals surface area contributed by atoms with E-state index in [0.717, 1.165) is 62.5 Å². The first-order valence-corrected chi connectivity index (χ1v) is 9.41. The molecule has 144 valence electrons. The van der Waals surface area contributed by atoms with Gasteiger partial charge < -0.3 is 15.2 Å². The Hall–Kier alpha value is -1.93.